The summed E-state index contributed by atoms with van der Waals surface area (Å²) in [7, 11) is 1.52. The highest BCUT2D eigenvalue weighted by molar-refractivity contribution is 5.95. The number of para-hydroxylation sites is 1. The molecule has 0 spiro atoms. The van der Waals surface area contributed by atoms with Gasteiger partial charge in [0.25, 0.3) is 5.56 Å². The van der Waals surface area contributed by atoms with E-state index < -0.39 is 6.04 Å². The first-order valence-electron chi connectivity index (χ1n) is 11.4. The van der Waals surface area contributed by atoms with Gasteiger partial charge in [-0.3, -0.25) is 9.36 Å². The van der Waals surface area contributed by atoms with Gasteiger partial charge in [-0.25, -0.2) is 24.8 Å². The van der Waals surface area contributed by atoms with Gasteiger partial charge in [0.1, 0.15) is 5.82 Å². The summed E-state index contributed by atoms with van der Waals surface area (Å²) < 4.78 is 6.78. The molecule has 0 aliphatic carbocycles. The van der Waals surface area contributed by atoms with Gasteiger partial charge in [0, 0.05) is 23.1 Å². The molecule has 3 heterocycles. The van der Waals surface area contributed by atoms with E-state index in [1.807, 2.05) is 61.5 Å². The number of anilines is 2. The summed E-state index contributed by atoms with van der Waals surface area (Å²) in [6, 6.07) is 16.5. The smallest absolute Gasteiger partial charge is 0.263 e. The number of benzene rings is 2. The zero-order chi connectivity index (χ0) is 25.9. The average Bonchev–Trinajstić information content (AvgIpc) is 2.93. The molecule has 0 unspecified atom stereocenters. The molecule has 0 radical (unpaired) electrons. The fourth-order valence-electron chi connectivity index (χ4n) is 4.17. The number of hydrogen-bond donors (Lipinski definition) is 2. The Hall–Kier alpha value is -5.30. The molecule has 0 amide bonds. The number of methoxy groups -OCH3 is 1. The number of rotatable bonds is 6. The maximum Gasteiger partial charge on any atom is 0.263 e. The number of nitrogens with zero attached hydrogens (tertiary/aromatic N) is 6. The lowest BCUT2D eigenvalue weighted by atomic mass is 10.0. The highest BCUT2D eigenvalue weighted by Crippen LogP contribution is 2.31. The second kappa shape index (κ2) is 9.75. The number of nitrogens with two attached hydrogens (primary N) is 1. The van der Waals surface area contributed by atoms with Crippen molar-refractivity contribution in [2.45, 2.75) is 13.0 Å². The standard InChI is InChI=1S/C27H22N8O2/c1-16(33-25-21(29-2)14-32-27(28)34-25)22-12-17-8-7-11-19(20-13-31-23(37-3)15-30-20)24(17)26(36)35(22)18-9-5-4-6-10-18/h4-16H,1,3H3,(H3,28,32,33,34)/t16-/m0/s1. The van der Waals surface area contributed by atoms with Crippen molar-refractivity contribution in [3.05, 3.63) is 101 Å². The van der Waals surface area contributed by atoms with Crippen molar-refractivity contribution in [2.24, 2.45) is 0 Å². The molecule has 0 fully saturated rings. The summed E-state index contributed by atoms with van der Waals surface area (Å²) >= 11 is 0. The van der Waals surface area contributed by atoms with Crippen LogP contribution in [0.5, 0.6) is 5.88 Å². The molecule has 10 nitrogen and oxygen atoms in total. The van der Waals surface area contributed by atoms with E-state index in [9.17, 15) is 4.79 Å². The summed E-state index contributed by atoms with van der Waals surface area (Å²) in [4.78, 5) is 34.5. The molecular weight excluding hydrogens is 468 g/mol. The minimum absolute atomic E-state index is 0.0475. The first-order valence-corrected chi connectivity index (χ1v) is 11.4. The Morgan fingerprint density at radius 1 is 1.05 bits per heavy atom. The summed E-state index contributed by atoms with van der Waals surface area (Å²) in [5.74, 6) is 0.729. The van der Waals surface area contributed by atoms with Gasteiger partial charge in [-0.15, -0.1) is 0 Å². The maximum absolute atomic E-state index is 14.2. The van der Waals surface area contributed by atoms with E-state index in [2.05, 4.69) is 30.1 Å². The molecule has 1 atom stereocenters. The number of aromatic nitrogens is 5. The van der Waals surface area contributed by atoms with Gasteiger partial charge in [-0.05, 0) is 30.5 Å². The maximum atomic E-state index is 14.2. The normalized spacial score (nSPS) is 11.6. The largest absolute Gasteiger partial charge is 0.480 e. The minimum Gasteiger partial charge on any atom is -0.480 e. The molecule has 5 rings (SSSR count). The predicted octanol–water partition coefficient (Wildman–Crippen LogP) is 4.55. The van der Waals surface area contributed by atoms with E-state index >= 15 is 0 Å². The lowest BCUT2D eigenvalue weighted by molar-refractivity contribution is 0.396. The van der Waals surface area contributed by atoms with Crippen LogP contribution in [0.1, 0.15) is 18.7 Å². The second-order valence-electron chi connectivity index (χ2n) is 8.20. The van der Waals surface area contributed by atoms with Crippen LogP contribution in [0.4, 0.5) is 17.5 Å². The van der Waals surface area contributed by atoms with E-state index in [0.717, 1.165) is 5.39 Å². The van der Waals surface area contributed by atoms with Crippen LogP contribution in [-0.2, 0) is 0 Å². The molecule has 3 N–H and O–H groups in total. The van der Waals surface area contributed by atoms with Crippen molar-refractivity contribution in [2.75, 3.05) is 18.2 Å². The molecule has 5 aromatic rings. The highest BCUT2D eigenvalue weighted by atomic mass is 16.5. The molecule has 37 heavy (non-hydrogen) atoms. The van der Waals surface area contributed by atoms with Crippen molar-refractivity contribution < 1.29 is 4.74 Å². The second-order valence-corrected chi connectivity index (χ2v) is 8.20. The number of ether oxygens (including phenoxy) is 1. The zero-order valence-corrected chi connectivity index (χ0v) is 20.1. The topological polar surface area (TPSA) is 125 Å². The lowest BCUT2D eigenvalue weighted by Gasteiger charge is -2.22. The third-order valence-corrected chi connectivity index (χ3v) is 5.91. The third kappa shape index (κ3) is 4.41. The van der Waals surface area contributed by atoms with Gasteiger partial charge in [0.15, 0.2) is 0 Å². The monoisotopic (exact) mass is 490 g/mol. The molecule has 0 saturated heterocycles. The predicted molar refractivity (Wildman–Crippen MR) is 142 cm³/mol. The van der Waals surface area contributed by atoms with Crippen molar-refractivity contribution in [1.82, 2.24) is 24.5 Å². The minimum atomic E-state index is -0.420. The molecule has 3 aromatic heterocycles. The van der Waals surface area contributed by atoms with E-state index in [0.29, 0.717) is 39.7 Å². The average molecular weight is 491 g/mol. The van der Waals surface area contributed by atoms with Gasteiger partial charge in [0.2, 0.25) is 17.5 Å². The van der Waals surface area contributed by atoms with Crippen LogP contribution in [0.15, 0.2) is 78.0 Å². The summed E-state index contributed by atoms with van der Waals surface area (Å²) in [5, 5.41) is 4.49. The van der Waals surface area contributed by atoms with Crippen LogP contribution in [0, 0.1) is 6.57 Å². The molecule has 0 saturated carbocycles. The van der Waals surface area contributed by atoms with E-state index in [1.54, 1.807) is 10.8 Å². The van der Waals surface area contributed by atoms with Crippen LogP contribution in [0.2, 0.25) is 0 Å². The summed E-state index contributed by atoms with van der Waals surface area (Å²) in [6.45, 7) is 9.34. The Labute approximate surface area is 212 Å². The number of pyridine rings is 1. The molecule has 0 aliphatic rings. The fourth-order valence-corrected chi connectivity index (χ4v) is 4.17. The van der Waals surface area contributed by atoms with Crippen molar-refractivity contribution in [3.63, 3.8) is 0 Å². The van der Waals surface area contributed by atoms with E-state index in [4.69, 9.17) is 17.0 Å². The van der Waals surface area contributed by atoms with Gasteiger partial charge < -0.3 is 15.8 Å². The Morgan fingerprint density at radius 2 is 1.86 bits per heavy atom. The zero-order valence-electron chi connectivity index (χ0n) is 20.1. The van der Waals surface area contributed by atoms with Crippen LogP contribution in [0.3, 0.4) is 0 Å². The number of nitrogens with one attached hydrogen (secondary N) is 1. The SMILES string of the molecule is [C-]#[N+]c1cnc(N)nc1N[C@@H](C)c1cc2cccc(-c3cnc(OC)cn3)c2c(=O)n1-c1ccccc1. The lowest BCUT2D eigenvalue weighted by Crippen LogP contribution is -2.26. The molecule has 0 aliphatic heterocycles. The molecule has 10 heteroatoms. The van der Waals surface area contributed by atoms with Gasteiger partial charge in [-0.1, -0.05) is 36.4 Å². The number of nitrogen functional groups attached to an aromatic ring is 1. The Bertz CT molecular complexity index is 1690. The Kier molecular flexibility index (Phi) is 6.18. The van der Waals surface area contributed by atoms with Crippen LogP contribution >= 0.6 is 0 Å². The first kappa shape index (κ1) is 23.4. The van der Waals surface area contributed by atoms with Crippen molar-refractivity contribution in [1.29, 1.82) is 0 Å². The molecular formula is C27H22N8O2. The Morgan fingerprint density at radius 3 is 2.57 bits per heavy atom. The number of fused-ring (bicyclic) bond motifs is 1. The number of hydrogen-bond acceptors (Lipinski definition) is 8. The van der Waals surface area contributed by atoms with Crippen molar-refractivity contribution in [3.8, 4) is 22.8 Å². The molecule has 0 bridgehead atoms. The van der Waals surface area contributed by atoms with E-state index in [1.165, 1.54) is 19.5 Å². The van der Waals surface area contributed by atoms with Crippen LogP contribution in [-0.4, -0.2) is 31.6 Å². The van der Waals surface area contributed by atoms with Crippen molar-refractivity contribution >= 4 is 28.2 Å². The van der Waals surface area contributed by atoms with Gasteiger partial charge in [0.05, 0.1) is 43.2 Å². The fraction of sp³-hybridized carbons (Fsp3) is 0.111. The van der Waals surface area contributed by atoms with Crippen LogP contribution in [0.25, 0.3) is 32.6 Å². The third-order valence-electron chi connectivity index (χ3n) is 5.91. The van der Waals surface area contributed by atoms with Crippen LogP contribution < -0.4 is 21.3 Å². The van der Waals surface area contributed by atoms with Gasteiger partial charge >= 0.3 is 0 Å². The highest BCUT2D eigenvalue weighted by Gasteiger charge is 2.20. The quantitative estimate of drug-likeness (QED) is 0.332. The molecule has 2 aromatic carbocycles. The molecule has 182 valence electrons. The summed E-state index contributed by atoms with van der Waals surface area (Å²) in [5.41, 5.74) is 8.37. The first-order chi connectivity index (χ1) is 18.0. The Balaban J connectivity index is 1.73. The van der Waals surface area contributed by atoms with E-state index in [-0.39, 0.29) is 17.2 Å². The summed E-state index contributed by atoms with van der Waals surface area (Å²) in [6.07, 6.45) is 4.48. The van der Waals surface area contributed by atoms with Gasteiger partial charge in [-0.2, -0.15) is 0 Å².